The Bertz CT molecular complexity index is 569. The van der Waals surface area contributed by atoms with Gasteiger partial charge in [0.05, 0.1) is 4.90 Å². The van der Waals surface area contributed by atoms with Gasteiger partial charge in [-0.15, -0.1) is 4.83 Å². The summed E-state index contributed by atoms with van der Waals surface area (Å²) in [6.45, 7) is 4.72. The van der Waals surface area contributed by atoms with Gasteiger partial charge in [0.25, 0.3) is 10.0 Å². The zero-order chi connectivity index (χ0) is 14.0. The summed E-state index contributed by atoms with van der Waals surface area (Å²) in [4.78, 5) is 2.80. The van der Waals surface area contributed by atoms with Crippen LogP contribution in [0.5, 0.6) is 0 Å². The third-order valence-corrected chi connectivity index (χ3v) is 6.09. The highest BCUT2D eigenvalue weighted by Crippen LogP contribution is 2.12. The van der Waals surface area contributed by atoms with Crippen molar-refractivity contribution in [2.24, 2.45) is 0 Å². The van der Waals surface area contributed by atoms with Crippen molar-refractivity contribution >= 4 is 20.8 Å². The van der Waals surface area contributed by atoms with Crippen LogP contribution in [0, 0.1) is 6.92 Å². The third-order valence-electron chi connectivity index (χ3n) is 3.07. The molecule has 0 amide bonds. The number of nitrogens with zero attached hydrogens (tertiary/aromatic N) is 1. The Morgan fingerprint density at radius 2 is 1.95 bits per heavy atom. The maximum absolute atomic E-state index is 12.2. The van der Waals surface area contributed by atoms with Gasteiger partial charge in [-0.25, -0.2) is 13.4 Å². The topological polar surface area (TPSA) is 66.5 Å². The SMILES string of the molecule is Cc1ccc(S(=O)(=O)NN2CC[S@](=O)[C@H](C)C2)cc1. The van der Waals surface area contributed by atoms with Crippen LogP contribution in [0.15, 0.2) is 29.2 Å². The van der Waals surface area contributed by atoms with Crippen LogP contribution in [0.1, 0.15) is 12.5 Å². The van der Waals surface area contributed by atoms with Gasteiger partial charge in [0.15, 0.2) is 0 Å². The van der Waals surface area contributed by atoms with E-state index < -0.39 is 20.8 Å². The number of hydrazine groups is 1. The molecule has 0 radical (unpaired) electrons. The molecule has 1 aliphatic heterocycles. The summed E-state index contributed by atoms with van der Waals surface area (Å²) < 4.78 is 35.9. The molecule has 0 bridgehead atoms. The Hall–Kier alpha value is -0.760. The van der Waals surface area contributed by atoms with Gasteiger partial charge in [-0.1, -0.05) is 17.7 Å². The fourth-order valence-corrected chi connectivity index (χ4v) is 4.16. The molecule has 7 heteroatoms. The number of hydrogen-bond acceptors (Lipinski definition) is 4. The predicted molar refractivity (Wildman–Crippen MR) is 75.5 cm³/mol. The van der Waals surface area contributed by atoms with Crippen LogP contribution in [-0.2, 0) is 20.8 Å². The van der Waals surface area contributed by atoms with Crippen LogP contribution in [0.25, 0.3) is 0 Å². The zero-order valence-electron chi connectivity index (χ0n) is 11.0. The molecule has 0 aromatic heterocycles. The minimum Gasteiger partial charge on any atom is -0.259 e. The molecule has 0 spiro atoms. The van der Waals surface area contributed by atoms with Gasteiger partial charge in [-0.05, 0) is 26.0 Å². The van der Waals surface area contributed by atoms with Crippen molar-refractivity contribution < 1.29 is 12.6 Å². The molecule has 1 saturated heterocycles. The molecule has 0 unspecified atom stereocenters. The van der Waals surface area contributed by atoms with Gasteiger partial charge >= 0.3 is 0 Å². The fourth-order valence-electron chi connectivity index (χ4n) is 1.91. The summed E-state index contributed by atoms with van der Waals surface area (Å²) in [5, 5.41) is 1.61. The van der Waals surface area contributed by atoms with Crippen molar-refractivity contribution in [2.45, 2.75) is 24.0 Å². The first-order chi connectivity index (χ1) is 8.88. The van der Waals surface area contributed by atoms with E-state index in [1.165, 1.54) is 0 Å². The Balaban J connectivity index is 2.09. The van der Waals surface area contributed by atoms with E-state index in [9.17, 15) is 12.6 Å². The van der Waals surface area contributed by atoms with Crippen LogP contribution < -0.4 is 4.83 Å². The van der Waals surface area contributed by atoms with E-state index in [0.717, 1.165) is 5.56 Å². The van der Waals surface area contributed by atoms with Crippen LogP contribution in [0.3, 0.4) is 0 Å². The van der Waals surface area contributed by atoms with Gasteiger partial charge in [0, 0.05) is 34.9 Å². The predicted octanol–water partition coefficient (Wildman–Crippen LogP) is 0.641. The van der Waals surface area contributed by atoms with E-state index in [1.54, 1.807) is 29.3 Å². The molecule has 1 heterocycles. The van der Waals surface area contributed by atoms with Crippen LogP contribution in [0.4, 0.5) is 0 Å². The van der Waals surface area contributed by atoms with Crippen molar-refractivity contribution in [2.75, 3.05) is 18.8 Å². The number of rotatable bonds is 3. The maximum Gasteiger partial charge on any atom is 0.253 e. The highest BCUT2D eigenvalue weighted by Gasteiger charge is 2.26. The van der Waals surface area contributed by atoms with Crippen molar-refractivity contribution in [3.8, 4) is 0 Å². The van der Waals surface area contributed by atoms with Crippen LogP contribution >= 0.6 is 0 Å². The molecular formula is C12H18N2O3S2. The fraction of sp³-hybridized carbons (Fsp3) is 0.500. The highest BCUT2D eigenvalue weighted by molar-refractivity contribution is 7.89. The van der Waals surface area contributed by atoms with E-state index in [1.807, 2.05) is 13.8 Å². The lowest BCUT2D eigenvalue weighted by Gasteiger charge is -2.30. The van der Waals surface area contributed by atoms with Crippen molar-refractivity contribution in [3.05, 3.63) is 29.8 Å². The molecule has 19 heavy (non-hydrogen) atoms. The molecule has 2 rings (SSSR count). The van der Waals surface area contributed by atoms with E-state index in [4.69, 9.17) is 0 Å². The number of nitrogens with one attached hydrogen (secondary N) is 1. The number of benzene rings is 1. The largest absolute Gasteiger partial charge is 0.259 e. The van der Waals surface area contributed by atoms with Gasteiger partial charge in [-0.3, -0.25) is 4.21 Å². The molecule has 0 aliphatic carbocycles. The van der Waals surface area contributed by atoms with Gasteiger partial charge in [-0.2, -0.15) is 0 Å². The first-order valence-electron chi connectivity index (χ1n) is 6.10. The Kier molecular flexibility index (Phi) is 4.39. The summed E-state index contributed by atoms with van der Waals surface area (Å²) in [5.41, 5.74) is 1.01. The minimum atomic E-state index is -3.54. The Labute approximate surface area is 116 Å². The summed E-state index contributed by atoms with van der Waals surface area (Å²) in [6, 6.07) is 6.71. The minimum absolute atomic E-state index is 0.0190. The number of aryl methyl sites for hydroxylation is 1. The summed E-state index contributed by atoms with van der Waals surface area (Å²) in [6.07, 6.45) is 0. The van der Waals surface area contributed by atoms with E-state index in [-0.39, 0.29) is 10.1 Å². The second-order valence-corrected chi connectivity index (χ2v) is 8.38. The van der Waals surface area contributed by atoms with Crippen molar-refractivity contribution in [3.63, 3.8) is 0 Å². The summed E-state index contributed by atoms with van der Waals surface area (Å²) in [7, 11) is -4.40. The van der Waals surface area contributed by atoms with Crippen LogP contribution in [-0.4, -0.2) is 41.7 Å². The average molecular weight is 302 g/mol. The van der Waals surface area contributed by atoms with E-state index in [0.29, 0.717) is 18.8 Å². The Morgan fingerprint density at radius 1 is 1.32 bits per heavy atom. The molecule has 5 nitrogen and oxygen atoms in total. The molecule has 1 aromatic rings. The Morgan fingerprint density at radius 3 is 2.53 bits per heavy atom. The normalized spacial score (nSPS) is 25.4. The summed E-state index contributed by atoms with van der Waals surface area (Å²) >= 11 is 0. The lowest BCUT2D eigenvalue weighted by Crippen LogP contribution is -2.51. The van der Waals surface area contributed by atoms with Crippen molar-refractivity contribution in [1.29, 1.82) is 0 Å². The van der Waals surface area contributed by atoms with Crippen LogP contribution in [0.2, 0.25) is 0 Å². The quantitative estimate of drug-likeness (QED) is 0.890. The molecule has 1 fully saturated rings. The standard InChI is InChI=1S/C12H18N2O3S2/c1-10-3-5-12(6-4-10)19(16,17)13-14-7-8-18(15)11(2)9-14/h3-6,11,13H,7-9H2,1-2H3/t11-,18+/m1/s1. The van der Waals surface area contributed by atoms with E-state index >= 15 is 0 Å². The first kappa shape index (κ1) is 14.6. The second-order valence-electron chi connectivity index (χ2n) is 4.75. The van der Waals surface area contributed by atoms with Gasteiger partial charge < -0.3 is 0 Å². The third kappa shape index (κ3) is 3.62. The second kappa shape index (κ2) is 5.70. The monoisotopic (exact) mass is 302 g/mol. The van der Waals surface area contributed by atoms with E-state index in [2.05, 4.69) is 4.83 Å². The number of hydrogen-bond donors (Lipinski definition) is 1. The number of sulfonamides is 1. The molecule has 1 aromatic carbocycles. The maximum atomic E-state index is 12.2. The molecule has 0 saturated carbocycles. The highest BCUT2D eigenvalue weighted by atomic mass is 32.2. The lowest BCUT2D eigenvalue weighted by atomic mass is 10.2. The van der Waals surface area contributed by atoms with Gasteiger partial charge in [0.1, 0.15) is 0 Å². The molecule has 1 aliphatic rings. The smallest absolute Gasteiger partial charge is 0.253 e. The summed E-state index contributed by atoms with van der Waals surface area (Å²) in [5.74, 6) is 0.498. The zero-order valence-corrected chi connectivity index (χ0v) is 12.6. The molecule has 2 atom stereocenters. The average Bonchev–Trinajstić information content (AvgIpc) is 2.34. The lowest BCUT2D eigenvalue weighted by molar-refractivity contribution is 0.249. The first-order valence-corrected chi connectivity index (χ1v) is 8.96. The molecular weight excluding hydrogens is 284 g/mol. The molecule has 1 N–H and O–H groups in total. The molecule has 106 valence electrons. The van der Waals surface area contributed by atoms with Crippen molar-refractivity contribution in [1.82, 2.24) is 9.84 Å². The van der Waals surface area contributed by atoms with Gasteiger partial charge in [0.2, 0.25) is 0 Å².